The number of hydrogen-bond acceptors (Lipinski definition) is 5. The highest BCUT2D eigenvalue weighted by Crippen LogP contribution is 2.19. The molecule has 0 aliphatic rings. The molecule has 0 bridgehead atoms. The summed E-state index contributed by atoms with van der Waals surface area (Å²) in [6.45, 7) is 3.75. The van der Waals surface area contributed by atoms with Gasteiger partial charge in [-0.25, -0.2) is 0 Å². The molecule has 5 nitrogen and oxygen atoms in total. The molecule has 0 atom stereocenters. The molecule has 0 saturated carbocycles. The van der Waals surface area contributed by atoms with Crippen LogP contribution in [-0.4, -0.2) is 32.4 Å². The van der Waals surface area contributed by atoms with E-state index >= 15 is 0 Å². The Morgan fingerprint density at radius 1 is 0.920 bits per heavy atom. The minimum atomic E-state index is -0.134. The van der Waals surface area contributed by atoms with Crippen LogP contribution in [0.4, 0.5) is 5.69 Å². The Balaban J connectivity index is 1.87. The van der Waals surface area contributed by atoms with Gasteiger partial charge in [0.25, 0.3) is 0 Å². The van der Waals surface area contributed by atoms with Crippen molar-refractivity contribution in [2.75, 3.05) is 32.2 Å². The predicted molar refractivity (Wildman–Crippen MR) is 101 cm³/mol. The molecule has 1 rings (SSSR count). The topological polar surface area (TPSA) is 70.8 Å². The number of benzene rings is 1. The van der Waals surface area contributed by atoms with Crippen molar-refractivity contribution in [3.8, 4) is 5.75 Å². The number of unbranched alkanes of at least 4 members (excludes halogenated alkanes) is 6. The van der Waals surface area contributed by atoms with Crippen molar-refractivity contribution in [1.29, 1.82) is 0 Å². The second-order valence-corrected chi connectivity index (χ2v) is 6.09. The zero-order valence-corrected chi connectivity index (χ0v) is 15.5. The van der Waals surface area contributed by atoms with E-state index in [1.54, 1.807) is 6.07 Å². The van der Waals surface area contributed by atoms with Crippen LogP contribution in [0.15, 0.2) is 24.3 Å². The molecule has 0 aliphatic heterocycles. The van der Waals surface area contributed by atoms with E-state index in [9.17, 15) is 4.79 Å². The number of esters is 1. The second-order valence-electron chi connectivity index (χ2n) is 6.09. The lowest BCUT2D eigenvalue weighted by atomic mass is 10.1. The van der Waals surface area contributed by atoms with Gasteiger partial charge in [0.1, 0.15) is 19.0 Å². The van der Waals surface area contributed by atoms with Gasteiger partial charge in [-0.3, -0.25) is 4.79 Å². The van der Waals surface area contributed by atoms with Gasteiger partial charge < -0.3 is 19.9 Å². The number of nitrogen functional groups attached to an aromatic ring is 1. The van der Waals surface area contributed by atoms with Crippen LogP contribution in [0.25, 0.3) is 0 Å². The maximum atomic E-state index is 11.6. The molecule has 5 heteroatoms. The fourth-order valence-corrected chi connectivity index (χ4v) is 2.44. The average Bonchev–Trinajstić information content (AvgIpc) is 2.61. The van der Waals surface area contributed by atoms with Crippen LogP contribution in [0.3, 0.4) is 0 Å². The van der Waals surface area contributed by atoms with E-state index < -0.39 is 0 Å². The molecule has 0 unspecified atom stereocenters. The van der Waals surface area contributed by atoms with Crippen LogP contribution in [0.1, 0.15) is 58.3 Å². The smallest absolute Gasteiger partial charge is 0.305 e. The minimum Gasteiger partial charge on any atom is -0.489 e. The normalized spacial score (nSPS) is 10.6. The van der Waals surface area contributed by atoms with Crippen LogP contribution in [0, 0.1) is 0 Å². The van der Waals surface area contributed by atoms with E-state index in [1.165, 1.54) is 32.1 Å². The van der Waals surface area contributed by atoms with Crippen LogP contribution in [-0.2, 0) is 14.3 Å². The Hall–Kier alpha value is -1.75. The summed E-state index contributed by atoms with van der Waals surface area (Å²) in [5, 5.41) is 0. The third-order valence-electron chi connectivity index (χ3n) is 3.88. The summed E-state index contributed by atoms with van der Waals surface area (Å²) in [7, 11) is 0. The monoisotopic (exact) mass is 351 g/mol. The molecule has 0 heterocycles. The maximum absolute atomic E-state index is 11.6. The van der Waals surface area contributed by atoms with Crippen molar-refractivity contribution in [3.05, 3.63) is 24.3 Å². The Kier molecular flexibility index (Phi) is 12.4. The Labute approximate surface area is 151 Å². The number of para-hydroxylation sites is 2. The molecule has 0 spiro atoms. The van der Waals surface area contributed by atoms with Crippen molar-refractivity contribution in [2.24, 2.45) is 0 Å². The second kappa shape index (κ2) is 14.6. The van der Waals surface area contributed by atoms with E-state index in [1.807, 2.05) is 18.2 Å². The predicted octanol–water partition coefficient (Wildman–Crippen LogP) is 4.35. The Morgan fingerprint density at radius 2 is 1.60 bits per heavy atom. The summed E-state index contributed by atoms with van der Waals surface area (Å²) in [5.74, 6) is 0.526. The lowest BCUT2D eigenvalue weighted by Gasteiger charge is -2.09. The third kappa shape index (κ3) is 11.4. The molecule has 0 saturated heterocycles. The van der Waals surface area contributed by atoms with Gasteiger partial charge in [0, 0.05) is 6.42 Å². The van der Waals surface area contributed by atoms with Gasteiger partial charge in [0.15, 0.2) is 0 Å². The molecule has 0 amide bonds. The highest BCUT2D eigenvalue weighted by molar-refractivity contribution is 5.69. The summed E-state index contributed by atoms with van der Waals surface area (Å²) in [6, 6.07) is 7.35. The van der Waals surface area contributed by atoms with Gasteiger partial charge in [-0.05, 0) is 18.6 Å². The summed E-state index contributed by atoms with van der Waals surface area (Å²) in [6.07, 6.45) is 8.89. The molecule has 0 aliphatic carbocycles. The lowest BCUT2D eigenvalue weighted by molar-refractivity contribution is -0.145. The van der Waals surface area contributed by atoms with Crippen molar-refractivity contribution in [3.63, 3.8) is 0 Å². The van der Waals surface area contributed by atoms with E-state index in [0.29, 0.717) is 44.3 Å². The quantitative estimate of drug-likeness (QED) is 0.289. The highest BCUT2D eigenvalue weighted by atomic mass is 16.6. The first-order valence-electron chi connectivity index (χ1n) is 9.44. The molecule has 2 N–H and O–H groups in total. The Morgan fingerprint density at radius 3 is 2.36 bits per heavy atom. The zero-order valence-electron chi connectivity index (χ0n) is 15.5. The summed E-state index contributed by atoms with van der Waals surface area (Å²) < 4.78 is 16.0. The highest BCUT2D eigenvalue weighted by Gasteiger charge is 2.03. The number of ether oxygens (including phenoxy) is 3. The summed E-state index contributed by atoms with van der Waals surface area (Å²) in [5.41, 5.74) is 6.39. The number of carbonyl (C=O) groups excluding carboxylic acids is 1. The number of anilines is 1. The van der Waals surface area contributed by atoms with Gasteiger partial charge in [0.2, 0.25) is 0 Å². The first kappa shape index (κ1) is 21.3. The van der Waals surface area contributed by atoms with Crippen LogP contribution >= 0.6 is 0 Å². The molecule has 1 aromatic rings. The zero-order chi connectivity index (χ0) is 18.2. The lowest BCUT2D eigenvalue weighted by Crippen LogP contribution is -2.13. The van der Waals surface area contributed by atoms with E-state index in [2.05, 4.69) is 6.92 Å². The van der Waals surface area contributed by atoms with E-state index in [4.69, 9.17) is 19.9 Å². The van der Waals surface area contributed by atoms with Crippen molar-refractivity contribution in [2.45, 2.75) is 58.3 Å². The van der Waals surface area contributed by atoms with E-state index in [-0.39, 0.29) is 5.97 Å². The van der Waals surface area contributed by atoms with Crippen molar-refractivity contribution >= 4 is 11.7 Å². The minimum absolute atomic E-state index is 0.134. The average molecular weight is 351 g/mol. The summed E-state index contributed by atoms with van der Waals surface area (Å²) in [4.78, 5) is 11.6. The van der Waals surface area contributed by atoms with Crippen LogP contribution in [0.2, 0.25) is 0 Å². The molecular formula is C20H33NO4. The Bertz CT molecular complexity index is 465. The van der Waals surface area contributed by atoms with Gasteiger partial charge in [-0.2, -0.15) is 0 Å². The van der Waals surface area contributed by atoms with Crippen molar-refractivity contribution in [1.82, 2.24) is 0 Å². The fraction of sp³-hybridized carbons (Fsp3) is 0.650. The maximum Gasteiger partial charge on any atom is 0.305 e. The number of carbonyl (C=O) groups is 1. The van der Waals surface area contributed by atoms with Gasteiger partial charge >= 0.3 is 5.97 Å². The summed E-state index contributed by atoms with van der Waals surface area (Å²) >= 11 is 0. The number of hydrogen-bond donors (Lipinski definition) is 1. The van der Waals surface area contributed by atoms with Crippen LogP contribution in [0.5, 0.6) is 5.75 Å². The molecule has 25 heavy (non-hydrogen) atoms. The van der Waals surface area contributed by atoms with Gasteiger partial charge in [0.05, 0.1) is 18.9 Å². The molecule has 0 aromatic heterocycles. The largest absolute Gasteiger partial charge is 0.489 e. The van der Waals surface area contributed by atoms with Gasteiger partial charge in [-0.15, -0.1) is 0 Å². The molecule has 0 radical (unpaired) electrons. The third-order valence-corrected chi connectivity index (χ3v) is 3.88. The molecule has 0 fully saturated rings. The number of nitrogens with two attached hydrogens (primary N) is 1. The van der Waals surface area contributed by atoms with Crippen LogP contribution < -0.4 is 10.5 Å². The number of rotatable bonds is 15. The first-order valence-corrected chi connectivity index (χ1v) is 9.44. The van der Waals surface area contributed by atoms with Crippen molar-refractivity contribution < 1.29 is 19.0 Å². The van der Waals surface area contributed by atoms with E-state index in [0.717, 1.165) is 12.8 Å². The standard InChI is InChI=1S/C20H33NO4/c1-2-3-4-5-6-7-8-13-20(22)25-17-15-23-14-16-24-19-12-10-9-11-18(19)21/h9-12H,2-8,13-17,21H2,1H3. The van der Waals surface area contributed by atoms with Gasteiger partial charge in [-0.1, -0.05) is 57.6 Å². The SMILES string of the molecule is CCCCCCCCCC(=O)OCCOCCOc1ccccc1N. The fourth-order valence-electron chi connectivity index (χ4n) is 2.44. The molecule has 142 valence electrons. The molecule has 1 aromatic carbocycles. The first-order chi connectivity index (χ1) is 12.2. The molecular weight excluding hydrogens is 318 g/mol.